The first kappa shape index (κ1) is 11.7. The van der Waals surface area contributed by atoms with Gasteiger partial charge in [0, 0.05) is 11.3 Å². The summed E-state index contributed by atoms with van der Waals surface area (Å²) < 4.78 is 0. The Morgan fingerprint density at radius 1 is 1.60 bits per heavy atom. The van der Waals surface area contributed by atoms with Gasteiger partial charge >= 0.3 is 0 Å². The van der Waals surface area contributed by atoms with Gasteiger partial charge in [0.25, 0.3) is 0 Å². The van der Waals surface area contributed by atoms with Crippen molar-refractivity contribution in [3.05, 3.63) is 11.3 Å². The molecule has 84 valence electrons. The van der Waals surface area contributed by atoms with Crippen molar-refractivity contribution >= 4 is 11.7 Å². The first-order chi connectivity index (χ1) is 7.06. The number of aromatic amines is 1. The van der Waals surface area contributed by atoms with Gasteiger partial charge in [-0.1, -0.05) is 13.3 Å². The molecule has 0 aliphatic heterocycles. The summed E-state index contributed by atoms with van der Waals surface area (Å²) in [6, 6.07) is -0.452. The van der Waals surface area contributed by atoms with Crippen molar-refractivity contribution in [3.8, 4) is 0 Å². The maximum absolute atomic E-state index is 11.6. The Morgan fingerprint density at radius 3 is 2.73 bits per heavy atom. The van der Waals surface area contributed by atoms with Gasteiger partial charge < -0.3 is 11.1 Å². The van der Waals surface area contributed by atoms with E-state index in [1.54, 1.807) is 0 Å². The summed E-state index contributed by atoms with van der Waals surface area (Å²) in [5, 5.41) is 9.50. The highest BCUT2D eigenvalue weighted by molar-refractivity contribution is 5.94. The van der Waals surface area contributed by atoms with Crippen LogP contribution in [0.1, 0.15) is 31.0 Å². The van der Waals surface area contributed by atoms with Crippen LogP contribution in [0.15, 0.2) is 0 Å². The normalized spacial score (nSPS) is 12.5. The largest absolute Gasteiger partial charge is 0.320 e. The third-order valence-corrected chi connectivity index (χ3v) is 2.43. The number of H-pyrrole nitrogens is 1. The number of rotatable bonds is 4. The predicted octanol–water partition coefficient (Wildman–Crippen LogP) is 1.09. The number of anilines is 1. The number of carbonyl (C=O) groups excluding carboxylic acids is 1. The summed E-state index contributed by atoms with van der Waals surface area (Å²) in [5.41, 5.74) is 7.59. The topological polar surface area (TPSA) is 83.8 Å². The van der Waals surface area contributed by atoms with E-state index in [1.165, 1.54) is 0 Å². The Bertz CT molecular complexity index is 345. The number of nitrogens with zero attached hydrogens (tertiary/aromatic N) is 1. The van der Waals surface area contributed by atoms with Crippen molar-refractivity contribution in [2.24, 2.45) is 5.73 Å². The first-order valence-corrected chi connectivity index (χ1v) is 5.14. The SMILES string of the molecule is CCC[C@H](N)C(=O)Nc1n[nH]c(C)c1C. The quantitative estimate of drug-likeness (QED) is 0.695. The minimum atomic E-state index is -0.452. The van der Waals surface area contributed by atoms with Crippen molar-refractivity contribution in [1.29, 1.82) is 0 Å². The van der Waals surface area contributed by atoms with E-state index in [1.807, 2.05) is 20.8 Å². The molecular formula is C10H18N4O. The van der Waals surface area contributed by atoms with E-state index in [-0.39, 0.29) is 5.91 Å². The molecule has 1 aromatic rings. The molecule has 4 N–H and O–H groups in total. The summed E-state index contributed by atoms with van der Waals surface area (Å²) in [4.78, 5) is 11.6. The molecule has 15 heavy (non-hydrogen) atoms. The predicted molar refractivity (Wildman–Crippen MR) is 59.6 cm³/mol. The number of aryl methyl sites for hydroxylation is 1. The maximum Gasteiger partial charge on any atom is 0.242 e. The summed E-state index contributed by atoms with van der Waals surface area (Å²) in [6.45, 7) is 5.81. The molecule has 1 amide bonds. The lowest BCUT2D eigenvalue weighted by molar-refractivity contribution is -0.117. The van der Waals surface area contributed by atoms with Gasteiger partial charge in [0.1, 0.15) is 0 Å². The highest BCUT2D eigenvalue weighted by atomic mass is 16.2. The highest BCUT2D eigenvalue weighted by Gasteiger charge is 2.15. The zero-order chi connectivity index (χ0) is 11.4. The van der Waals surface area contributed by atoms with Crippen molar-refractivity contribution < 1.29 is 4.79 Å². The van der Waals surface area contributed by atoms with Crippen LogP contribution in [-0.2, 0) is 4.79 Å². The van der Waals surface area contributed by atoms with Crippen LogP contribution in [0, 0.1) is 13.8 Å². The zero-order valence-corrected chi connectivity index (χ0v) is 9.42. The molecule has 0 aromatic carbocycles. The fourth-order valence-corrected chi connectivity index (χ4v) is 1.26. The fraction of sp³-hybridized carbons (Fsp3) is 0.600. The third kappa shape index (κ3) is 2.79. The molecule has 1 rings (SSSR count). The van der Waals surface area contributed by atoms with Crippen molar-refractivity contribution in [2.75, 3.05) is 5.32 Å². The van der Waals surface area contributed by atoms with Crippen molar-refractivity contribution in [2.45, 2.75) is 39.7 Å². The second-order valence-corrected chi connectivity index (χ2v) is 3.71. The maximum atomic E-state index is 11.6. The molecule has 5 heteroatoms. The molecule has 1 aromatic heterocycles. The number of nitrogens with two attached hydrogens (primary N) is 1. The summed E-state index contributed by atoms with van der Waals surface area (Å²) >= 11 is 0. The molecule has 0 saturated heterocycles. The van der Waals surface area contributed by atoms with Crippen LogP contribution in [0.2, 0.25) is 0 Å². The van der Waals surface area contributed by atoms with E-state index < -0.39 is 6.04 Å². The average molecular weight is 210 g/mol. The summed E-state index contributed by atoms with van der Waals surface area (Å²) in [6.07, 6.45) is 1.58. The van der Waals surface area contributed by atoms with Gasteiger partial charge in [0.05, 0.1) is 6.04 Å². The van der Waals surface area contributed by atoms with Gasteiger partial charge in [-0.3, -0.25) is 9.89 Å². The molecule has 0 bridgehead atoms. The molecule has 1 heterocycles. The molecule has 0 aliphatic rings. The number of hydrogen-bond acceptors (Lipinski definition) is 3. The van der Waals surface area contributed by atoms with E-state index in [4.69, 9.17) is 5.73 Å². The molecule has 0 spiro atoms. The van der Waals surface area contributed by atoms with E-state index in [2.05, 4.69) is 15.5 Å². The molecular weight excluding hydrogens is 192 g/mol. The Labute approximate surface area is 89.4 Å². The van der Waals surface area contributed by atoms with Crippen LogP contribution in [0.3, 0.4) is 0 Å². The van der Waals surface area contributed by atoms with Crippen LogP contribution < -0.4 is 11.1 Å². The Hall–Kier alpha value is -1.36. The van der Waals surface area contributed by atoms with Gasteiger partial charge in [0.2, 0.25) is 5.91 Å². The number of hydrogen-bond donors (Lipinski definition) is 3. The van der Waals surface area contributed by atoms with Crippen molar-refractivity contribution in [1.82, 2.24) is 10.2 Å². The first-order valence-electron chi connectivity index (χ1n) is 5.14. The van der Waals surface area contributed by atoms with Gasteiger partial charge in [-0.05, 0) is 20.3 Å². The molecule has 0 fully saturated rings. The van der Waals surface area contributed by atoms with E-state index in [0.717, 1.165) is 17.7 Å². The number of carbonyl (C=O) groups is 1. The lowest BCUT2D eigenvalue weighted by Crippen LogP contribution is -2.35. The summed E-state index contributed by atoms with van der Waals surface area (Å²) in [5.74, 6) is 0.399. The number of amides is 1. The monoisotopic (exact) mass is 210 g/mol. The lowest BCUT2D eigenvalue weighted by Gasteiger charge is -2.09. The summed E-state index contributed by atoms with van der Waals surface area (Å²) in [7, 11) is 0. The van der Waals surface area contributed by atoms with Crippen LogP contribution in [-0.4, -0.2) is 22.1 Å². The van der Waals surface area contributed by atoms with Crippen LogP contribution >= 0.6 is 0 Å². The Balaban J connectivity index is 2.62. The van der Waals surface area contributed by atoms with Gasteiger partial charge in [-0.15, -0.1) is 0 Å². The molecule has 0 radical (unpaired) electrons. The van der Waals surface area contributed by atoms with Crippen molar-refractivity contribution in [3.63, 3.8) is 0 Å². The minimum absolute atomic E-state index is 0.175. The van der Waals surface area contributed by atoms with Gasteiger partial charge in [-0.25, -0.2) is 0 Å². The molecule has 1 atom stereocenters. The van der Waals surface area contributed by atoms with Crippen LogP contribution in [0.25, 0.3) is 0 Å². The smallest absolute Gasteiger partial charge is 0.242 e. The average Bonchev–Trinajstić information content (AvgIpc) is 2.50. The number of aromatic nitrogens is 2. The lowest BCUT2D eigenvalue weighted by atomic mass is 10.1. The standard InChI is InChI=1S/C10H18N4O/c1-4-5-8(11)10(15)12-9-6(2)7(3)13-14-9/h8H,4-5,11H2,1-3H3,(H2,12,13,14,15)/t8-/m0/s1. The third-order valence-electron chi connectivity index (χ3n) is 2.43. The van der Waals surface area contributed by atoms with E-state index in [9.17, 15) is 4.79 Å². The molecule has 0 unspecified atom stereocenters. The molecule has 0 saturated carbocycles. The molecule has 5 nitrogen and oxygen atoms in total. The second kappa shape index (κ2) is 4.93. The second-order valence-electron chi connectivity index (χ2n) is 3.71. The molecule has 0 aliphatic carbocycles. The number of nitrogens with one attached hydrogen (secondary N) is 2. The van der Waals surface area contributed by atoms with E-state index >= 15 is 0 Å². The fourth-order valence-electron chi connectivity index (χ4n) is 1.26. The van der Waals surface area contributed by atoms with Gasteiger partial charge in [0.15, 0.2) is 5.82 Å². The Morgan fingerprint density at radius 2 is 2.27 bits per heavy atom. The minimum Gasteiger partial charge on any atom is -0.320 e. The van der Waals surface area contributed by atoms with Gasteiger partial charge in [-0.2, -0.15) is 5.10 Å². The highest BCUT2D eigenvalue weighted by Crippen LogP contribution is 2.13. The van der Waals surface area contributed by atoms with Crippen LogP contribution in [0.4, 0.5) is 5.82 Å². The Kier molecular flexibility index (Phi) is 3.85. The van der Waals surface area contributed by atoms with Crippen LogP contribution in [0.5, 0.6) is 0 Å². The zero-order valence-electron chi connectivity index (χ0n) is 9.42. The van der Waals surface area contributed by atoms with E-state index in [0.29, 0.717) is 12.2 Å².